The zero-order chi connectivity index (χ0) is 27.8. The fourth-order valence-electron chi connectivity index (χ4n) is 5.10. The lowest BCUT2D eigenvalue weighted by molar-refractivity contribution is -0.141. The van der Waals surface area contributed by atoms with E-state index in [1.165, 1.54) is 4.90 Å². The van der Waals surface area contributed by atoms with Gasteiger partial charge in [0.1, 0.15) is 17.7 Å². The van der Waals surface area contributed by atoms with Gasteiger partial charge in [-0.1, -0.05) is 24.3 Å². The van der Waals surface area contributed by atoms with E-state index in [1.807, 2.05) is 53.1 Å². The summed E-state index contributed by atoms with van der Waals surface area (Å²) < 4.78 is 2.04. The Hall–Kier alpha value is -5.19. The molecule has 0 spiro atoms. The van der Waals surface area contributed by atoms with Gasteiger partial charge in [0.2, 0.25) is 5.91 Å². The first kappa shape index (κ1) is 25.1. The fraction of sp³-hybridized carbons (Fsp3) is 0.207. The maximum Gasteiger partial charge on any atom is 0.305 e. The number of para-hydroxylation sites is 4. The van der Waals surface area contributed by atoms with Crippen LogP contribution in [0.25, 0.3) is 22.1 Å². The van der Waals surface area contributed by atoms with Crippen LogP contribution in [0.5, 0.6) is 0 Å². The van der Waals surface area contributed by atoms with Crippen molar-refractivity contribution in [2.75, 3.05) is 12.4 Å². The summed E-state index contributed by atoms with van der Waals surface area (Å²) in [6.45, 7) is 0.913. The number of hydrogen-bond donors (Lipinski definition) is 4. The van der Waals surface area contributed by atoms with E-state index in [1.54, 1.807) is 25.2 Å². The van der Waals surface area contributed by atoms with E-state index in [-0.39, 0.29) is 31.3 Å². The molecule has 0 bridgehead atoms. The SMILES string of the molecule is CN1Cc2cc(C(=O)NCc3nc4ccccc4n3Cc3nc4ccccc4[nH]3)ccc2N[C@@H](CC(=O)O)C1=O. The standard InChI is InChI=1S/C29H27N7O4/c1-35-15-18-12-17(10-11-19(18)31-23(29(35)40)13-27(37)38)28(39)30-14-26-34-22-8-4-5-9-24(22)36(26)16-25-32-20-6-2-3-7-21(20)33-25/h2-12,23,31H,13-16H2,1H3,(H,30,39)(H,32,33)(H,37,38)/t23-/m0/s1. The van der Waals surface area contributed by atoms with Gasteiger partial charge < -0.3 is 30.2 Å². The van der Waals surface area contributed by atoms with Crippen molar-refractivity contribution in [3.8, 4) is 0 Å². The number of carbonyl (C=O) groups is 3. The van der Waals surface area contributed by atoms with Crippen molar-refractivity contribution in [3.05, 3.63) is 89.5 Å². The Balaban J connectivity index is 1.23. The number of likely N-dealkylation sites (N-methyl/N-ethyl adjacent to an activating group) is 1. The molecule has 5 aromatic rings. The van der Waals surface area contributed by atoms with Crippen LogP contribution in [0.2, 0.25) is 0 Å². The van der Waals surface area contributed by atoms with Gasteiger partial charge in [0.05, 0.1) is 41.6 Å². The Bertz CT molecular complexity index is 1740. The van der Waals surface area contributed by atoms with E-state index >= 15 is 0 Å². The van der Waals surface area contributed by atoms with Crippen LogP contribution in [0.3, 0.4) is 0 Å². The van der Waals surface area contributed by atoms with Crippen LogP contribution < -0.4 is 10.6 Å². The summed E-state index contributed by atoms with van der Waals surface area (Å²) in [5.41, 5.74) is 5.39. The number of nitrogens with one attached hydrogen (secondary N) is 3. The largest absolute Gasteiger partial charge is 0.481 e. The number of nitrogens with zero attached hydrogens (tertiary/aromatic N) is 4. The molecule has 1 atom stereocenters. The highest BCUT2D eigenvalue weighted by molar-refractivity contribution is 5.96. The average Bonchev–Trinajstić information content (AvgIpc) is 3.49. The topological polar surface area (TPSA) is 145 Å². The third-order valence-electron chi connectivity index (χ3n) is 7.04. The van der Waals surface area contributed by atoms with Gasteiger partial charge >= 0.3 is 5.97 Å². The van der Waals surface area contributed by atoms with Crippen LogP contribution in [0.4, 0.5) is 5.69 Å². The molecule has 1 aliphatic heterocycles. The van der Waals surface area contributed by atoms with Crippen LogP contribution >= 0.6 is 0 Å². The van der Waals surface area contributed by atoms with Crippen molar-refractivity contribution in [3.63, 3.8) is 0 Å². The van der Waals surface area contributed by atoms with Gasteiger partial charge in [0.15, 0.2) is 0 Å². The van der Waals surface area contributed by atoms with Crippen molar-refractivity contribution in [2.24, 2.45) is 0 Å². The summed E-state index contributed by atoms with van der Waals surface area (Å²) in [5, 5.41) is 15.2. The van der Waals surface area contributed by atoms with Crippen LogP contribution in [-0.4, -0.2) is 60.4 Å². The minimum absolute atomic E-state index is 0.197. The lowest BCUT2D eigenvalue weighted by atomic mass is 10.1. The molecule has 11 heteroatoms. The smallest absolute Gasteiger partial charge is 0.305 e. The van der Waals surface area contributed by atoms with E-state index in [9.17, 15) is 19.5 Å². The summed E-state index contributed by atoms with van der Waals surface area (Å²) in [7, 11) is 1.62. The molecule has 0 aliphatic carbocycles. The molecule has 202 valence electrons. The highest BCUT2D eigenvalue weighted by Gasteiger charge is 2.29. The van der Waals surface area contributed by atoms with Crippen LogP contribution in [0.1, 0.15) is 34.0 Å². The van der Waals surface area contributed by atoms with E-state index in [0.717, 1.165) is 33.5 Å². The number of rotatable bonds is 7. The van der Waals surface area contributed by atoms with E-state index < -0.39 is 12.0 Å². The number of imidazole rings is 2. The molecule has 3 heterocycles. The number of benzene rings is 3. The minimum Gasteiger partial charge on any atom is -0.481 e. The molecule has 0 fully saturated rings. The predicted molar refractivity (Wildman–Crippen MR) is 149 cm³/mol. The minimum atomic E-state index is -1.06. The first-order valence-electron chi connectivity index (χ1n) is 12.9. The molecule has 6 rings (SSSR count). The number of hydrogen-bond acceptors (Lipinski definition) is 6. The van der Waals surface area contributed by atoms with Gasteiger partial charge in [-0.25, -0.2) is 9.97 Å². The summed E-state index contributed by atoms with van der Waals surface area (Å²) in [6, 6.07) is 19.9. The Morgan fingerprint density at radius 3 is 2.62 bits per heavy atom. The monoisotopic (exact) mass is 537 g/mol. The van der Waals surface area contributed by atoms with E-state index in [4.69, 9.17) is 9.97 Å². The first-order chi connectivity index (χ1) is 19.4. The highest BCUT2D eigenvalue weighted by atomic mass is 16.4. The van der Waals surface area contributed by atoms with Gasteiger partial charge in [-0.15, -0.1) is 0 Å². The van der Waals surface area contributed by atoms with Crippen molar-refractivity contribution in [1.29, 1.82) is 0 Å². The average molecular weight is 538 g/mol. The number of anilines is 1. The quantitative estimate of drug-likeness (QED) is 0.250. The number of carboxylic acid groups (broad SMARTS) is 1. The van der Waals surface area contributed by atoms with Crippen LogP contribution in [-0.2, 0) is 29.2 Å². The Morgan fingerprint density at radius 2 is 1.82 bits per heavy atom. The third-order valence-corrected chi connectivity index (χ3v) is 7.04. The molecule has 1 aliphatic rings. The van der Waals surface area contributed by atoms with Crippen molar-refractivity contribution >= 4 is 45.5 Å². The van der Waals surface area contributed by atoms with Crippen molar-refractivity contribution in [1.82, 2.24) is 29.7 Å². The number of aromatic nitrogens is 4. The molecule has 40 heavy (non-hydrogen) atoms. The summed E-state index contributed by atoms with van der Waals surface area (Å²) in [5.74, 6) is -0.188. The normalized spacial score (nSPS) is 15.1. The Morgan fingerprint density at radius 1 is 1.05 bits per heavy atom. The summed E-state index contributed by atoms with van der Waals surface area (Å²) in [4.78, 5) is 51.3. The highest BCUT2D eigenvalue weighted by Crippen LogP contribution is 2.25. The number of carbonyl (C=O) groups excluding carboxylic acids is 2. The number of fused-ring (bicyclic) bond motifs is 3. The molecule has 4 N–H and O–H groups in total. The summed E-state index contributed by atoms with van der Waals surface area (Å²) in [6.07, 6.45) is -0.333. The molecular formula is C29H27N7O4. The molecular weight excluding hydrogens is 510 g/mol. The van der Waals surface area contributed by atoms with Gasteiger partial charge in [-0.2, -0.15) is 0 Å². The number of aliphatic carboxylic acids is 1. The van der Waals surface area contributed by atoms with Gasteiger partial charge in [-0.05, 0) is 48.0 Å². The van der Waals surface area contributed by atoms with Crippen LogP contribution in [0.15, 0.2) is 66.7 Å². The van der Waals surface area contributed by atoms with Crippen molar-refractivity contribution < 1.29 is 19.5 Å². The molecule has 0 saturated carbocycles. The second-order valence-electron chi connectivity index (χ2n) is 9.85. The molecule has 0 saturated heterocycles. The predicted octanol–water partition coefficient (Wildman–Crippen LogP) is 3.12. The number of carboxylic acids is 1. The lowest BCUT2D eigenvalue weighted by Gasteiger charge is -2.19. The molecule has 2 aromatic heterocycles. The molecule has 3 aromatic carbocycles. The molecule has 11 nitrogen and oxygen atoms in total. The maximum absolute atomic E-state index is 13.2. The Labute approximate surface area is 228 Å². The zero-order valence-corrected chi connectivity index (χ0v) is 21.7. The molecule has 2 amide bonds. The molecule has 0 radical (unpaired) electrons. The second-order valence-corrected chi connectivity index (χ2v) is 9.85. The third kappa shape index (κ3) is 4.84. The molecule has 0 unspecified atom stereocenters. The number of aromatic amines is 1. The fourth-order valence-corrected chi connectivity index (χ4v) is 5.10. The van der Waals surface area contributed by atoms with Crippen LogP contribution in [0, 0.1) is 0 Å². The Kier molecular flexibility index (Phi) is 6.39. The first-order valence-corrected chi connectivity index (χ1v) is 12.9. The van der Waals surface area contributed by atoms with Crippen molar-refractivity contribution in [2.45, 2.75) is 32.1 Å². The van der Waals surface area contributed by atoms with Gasteiger partial charge in [0, 0.05) is 24.8 Å². The van der Waals surface area contributed by atoms with E-state index in [0.29, 0.717) is 23.6 Å². The lowest BCUT2D eigenvalue weighted by Crippen LogP contribution is -2.39. The zero-order valence-electron chi connectivity index (χ0n) is 21.7. The maximum atomic E-state index is 13.2. The van der Waals surface area contributed by atoms with Gasteiger partial charge in [0.25, 0.3) is 5.91 Å². The van der Waals surface area contributed by atoms with Gasteiger partial charge in [-0.3, -0.25) is 14.4 Å². The van der Waals surface area contributed by atoms with E-state index in [2.05, 4.69) is 15.6 Å². The second kappa shape index (κ2) is 10.2. The number of amides is 2. The summed E-state index contributed by atoms with van der Waals surface area (Å²) >= 11 is 0. The number of H-pyrrole nitrogens is 1.